The number of imide groups is 2. The van der Waals surface area contributed by atoms with Gasteiger partial charge in [-0.1, -0.05) is 42.5 Å². The highest BCUT2D eigenvalue weighted by molar-refractivity contribution is 7.09. The molecule has 9 heteroatoms. The first-order chi connectivity index (χ1) is 17.9. The topological polar surface area (TPSA) is 91.7 Å². The van der Waals surface area contributed by atoms with Gasteiger partial charge in [0.2, 0.25) is 11.8 Å². The molecule has 3 aromatic rings. The van der Waals surface area contributed by atoms with E-state index in [1.807, 2.05) is 58.5 Å². The third kappa shape index (κ3) is 4.32. The fourth-order valence-electron chi connectivity index (χ4n) is 6.21. The Hall–Kier alpha value is -3.56. The summed E-state index contributed by atoms with van der Waals surface area (Å²) in [6.45, 7) is 2.30. The molecular weight excluding hydrogens is 488 g/mol. The van der Waals surface area contributed by atoms with E-state index in [1.165, 1.54) is 16.2 Å². The first kappa shape index (κ1) is 23.8. The van der Waals surface area contributed by atoms with Gasteiger partial charge in [-0.25, -0.2) is 4.79 Å². The predicted molar refractivity (Wildman–Crippen MR) is 139 cm³/mol. The minimum Gasteiger partial charge on any atom is -0.312 e. The number of carbonyl (C=O) groups excluding carboxylic acids is 3. The number of rotatable bonds is 6. The Morgan fingerprint density at radius 2 is 1.76 bits per heavy atom. The van der Waals surface area contributed by atoms with Gasteiger partial charge in [-0.15, -0.1) is 11.3 Å². The number of amides is 4. The van der Waals surface area contributed by atoms with Crippen molar-refractivity contribution in [2.24, 2.45) is 11.3 Å². The monoisotopic (exact) mass is 516 g/mol. The van der Waals surface area contributed by atoms with Gasteiger partial charge in [0, 0.05) is 55.2 Å². The van der Waals surface area contributed by atoms with E-state index in [0.29, 0.717) is 19.6 Å². The number of carbonyl (C=O) groups is 3. The molecule has 1 N–H and O–H groups in total. The summed E-state index contributed by atoms with van der Waals surface area (Å²) >= 11 is 1.50. The molecule has 3 aliphatic rings. The number of thiophene rings is 1. The smallest absolute Gasteiger partial charge is 0.312 e. The maximum absolute atomic E-state index is 14.1. The molecule has 3 aliphatic heterocycles. The van der Waals surface area contributed by atoms with E-state index in [2.05, 4.69) is 10.2 Å². The van der Waals surface area contributed by atoms with E-state index in [4.69, 9.17) is 0 Å². The van der Waals surface area contributed by atoms with Gasteiger partial charge in [0.25, 0.3) is 5.56 Å². The zero-order valence-electron chi connectivity index (χ0n) is 20.3. The van der Waals surface area contributed by atoms with Crippen LogP contribution in [0.3, 0.4) is 0 Å². The largest absolute Gasteiger partial charge is 0.331 e. The average molecular weight is 517 g/mol. The van der Waals surface area contributed by atoms with Gasteiger partial charge in [-0.3, -0.25) is 24.6 Å². The zero-order chi connectivity index (χ0) is 25.6. The summed E-state index contributed by atoms with van der Waals surface area (Å²) in [5.41, 5.74) is 0.433. The highest BCUT2D eigenvalue weighted by atomic mass is 32.1. The molecule has 2 saturated heterocycles. The molecule has 1 aromatic carbocycles. The summed E-state index contributed by atoms with van der Waals surface area (Å²) in [6.07, 6.45) is 1.21. The van der Waals surface area contributed by atoms with E-state index in [1.54, 1.807) is 12.1 Å². The fraction of sp³-hybridized carbons (Fsp3) is 0.357. The number of piperidine rings is 1. The molecule has 2 fully saturated rings. The number of aromatic nitrogens is 1. The van der Waals surface area contributed by atoms with Crippen molar-refractivity contribution in [3.05, 3.63) is 92.5 Å². The van der Waals surface area contributed by atoms with Gasteiger partial charge < -0.3 is 9.47 Å². The Kier molecular flexibility index (Phi) is 6.04. The first-order valence-corrected chi connectivity index (χ1v) is 13.5. The van der Waals surface area contributed by atoms with Crippen LogP contribution in [0, 0.1) is 11.3 Å². The van der Waals surface area contributed by atoms with Crippen LogP contribution in [0.15, 0.2) is 70.8 Å². The highest BCUT2D eigenvalue weighted by Gasteiger charge is 2.55. The van der Waals surface area contributed by atoms with Gasteiger partial charge in [0.1, 0.15) is 5.41 Å². The van der Waals surface area contributed by atoms with Crippen molar-refractivity contribution in [1.29, 1.82) is 0 Å². The Morgan fingerprint density at radius 3 is 2.54 bits per heavy atom. The number of hydrogen-bond donors (Lipinski definition) is 1. The minimum absolute atomic E-state index is 0.0201. The van der Waals surface area contributed by atoms with Gasteiger partial charge >= 0.3 is 6.03 Å². The molecule has 0 spiro atoms. The van der Waals surface area contributed by atoms with E-state index in [-0.39, 0.29) is 36.9 Å². The molecular formula is C28H28N4O4S. The van der Waals surface area contributed by atoms with E-state index in [0.717, 1.165) is 22.6 Å². The third-order valence-corrected chi connectivity index (χ3v) is 8.72. The second-order valence-corrected chi connectivity index (χ2v) is 11.4. The molecule has 3 atom stereocenters. The molecule has 8 nitrogen and oxygen atoms in total. The lowest BCUT2D eigenvalue weighted by atomic mass is 9.77. The molecule has 5 heterocycles. The van der Waals surface area contributed by atoms with Crippen LogP contribution in [0.5, 0.6) is 0 Å². The Morgan fingerprint density at radius 1 is 0.919 bits per heavy atom. The number of urea groups is 1. The van der Waals surface area contributed by atoms with Crippen LogP contribution >= 0.6 is 11.3 Å². The lowest BCUT2D eigenvalue weighted by Gasteiger charge is -2.47. The second-order valence-electron chi connectivity index (χ2n) is 10.4. The van der Waals surface area contributed by atoms with E-state index >= 15 is 0 Å². The first-order valence-electron chi connectivity index (χ1n) is 12.6. The summed E-state index contributed by atoms with van der Waals surface area (Å²) in [5, 5.41) is 4.44. The van der Waals surface area contributed by atoms with Gasteiger partial charge in [-0.2, -0.15) is 0 Å². The van der Waals surface area contributed by atoms with E-state index < -0.39 is 23.3 Å². The Balaban J connectivity index is 1.33. The van der Waals surface area contributed by atoms with Crippen LogP contribution in [0.25, 0.3) is 0 Å². The summed E-state index contributed by atoms with van der Waals surface area (Å²) in [5.74, 6) is -0.573. The molecule has 0 aliphatic carbocycles. The van der Waals surface area contributed by atoms with E-state index in [9.17, 15) is 19.2 Å². The van der Waals surface area contributed by atoms with Gasteiger partial charge in [-0.05, 0) is 35.4 Å². The lowest BCUT2D eigenvalue weighted by molar-refractivity contribution is -0.154. The SMILES string of the molecule is O=C1NC(=O)[C@@](Cc2cccs2)(CN2C[C@@H]3C[C@@H](C2)c2cccc(=O)n2C3)C(=O)N1Cc1ccccc1. The molecule has 37 heavy (non-hydrogen) atoms. The van der Waals surface area contributed by atoms with Crippen molar-refractivity contribution in [3.63, 3.8) is 0 Å². The quantitative estimate of drug-likeness (QED) is 0.509. The average Bonchev–Trinajstić information content (AvgIpc) is 3.40. The highest BCUT2D eigenvalue weighted by Crippen LogP contribution is 2.39. The van der Waals surface area contributed by atoms with Crippen molar-refractivity contribution >= 4 is 29.2 Å². The molecule has 2 bridgehead atoms. The van der Waals surface area contributed by atoms with Crippen LogP contribution in [0.4, 0.5) is 4.79 Å². The van der Waals surface area contributed by atoms with Crippen LogP contribution in [0.1, 0.15) is 28.5 Å². The lowest BCUT2D eigenvalue weighted by Crippen LogP contribution is -2.67. The van der Waals surface area contributed by atoms with Crippen LogP contribution in [-0.2, 0) is 29.1 Å². The molecule has 0 saturated carbocycles. The molecule has 4 amide bonds. The number of barbiturate groups is 1. The summed E-state index contributed by atoms with van der Waals surface area (Å²) in [4.78, 5) is 57.3. The van der Waals surface area contributed by atoms with Crippen molar-refractivity contribution in [1.82, 2.24) is 19.7 Å². The van der Waals surface area contributed by atoms with Gasteiger partial charge in [0.15, 0.2) is 0 Å². The molecule has 190 valence electrons. The third-order valence-electron chi connectivity index (χ3n) is 7.84. The summed E-state index contributed by atoms with van der Waals surface area (Å²) in [6, 6.07) is 17.9. The normalized spacial score (nSPS) is 25.6. The molecule has 0 radical (unpaired) electrons. The maximum atomic E-state index is 14.1. The summed E-state index contributed by atoms with van der Waals surface area (Å²) < 4.78 is 1.87. The Labute approximate surface area is 218 Å². The van der Waals surface area contributed by atoms with Gasteiger partial charge in [0.05, 0.1) is 6.54 Å². The molecule has 0 unspecified atom stereocenters. The minimum atomic E-state index is -1.42. The van der Waals surface area contributed by atoms with Crippen LogP contribution in [-0.4, -0.2) is 51.8 Å². The van der Waals surface area contributed by atoms with Crippen LogP contribution < -0.4 is 10.9 Å². The second kappa shape index (κ2) is 9.39. The summed E-state index contributed by atoms with van der Waals surface area (Å²) in [7, 11) is 0. The maximum Gasteiger partial charge on any atom is 0.331 e. The van der Waals surface area contributed by atoms with Crippen molar-refractivity contribution in [2.75, 3.05) is 19.6 Å². The van der Waals surface area contributed by atoms with Crippen molar-refractivity contribution in [2.45, 2.75) is 31.8 Å². The Bertz CT molecular complexity index is 1400. The zero-order valence-corrected chi connectivity index (χ0v) is 21.2. The van der Waals surface area contributed by atoms with Crippen LogP contribution in [0.2, 0.25) is 0 Å². The number of likely N-dealkylation sites (tertiary alicyclic amines) is 1. The number of nitrogens with one attached hydrogen (secondary N) is 1. The fourth-order valence-corrected chi connectivity index (χ4v) is 7.03. The number of hydrogen-bond acceptors (Lipinski definition) is 6. The van der Waals surface area contributed by atoms with Crippen molar-refractivity contribution in [3.8, 4) is 0 Å². The standard InChI is InChI=1S/C28H28N4O4S/c33-24-10-4-9-23-21-12-20(16-31(23)24)14-30(17-21)18-28(13-22-8-5-11-37-22)25(34)29-27(36)32(26(28)35)15-19-6-2-1-3-7-19/h1-11,20-21H,12-18H2,(H,29,34,36)/t20-,21-,28+/m0/s1. The molecule has 2 aromatic heterocycles. The predicted octanol–water partition coefficient (Wildman–Crippen LogP) is 2.84. The van der Waals surface area contributed by atoms with Crippen molar-refractivity contribution < 1.29 is 14.4 Å². The number of nitrogens with zero attached hydrogens (tertiary/aromatic N) is 3. The number of fused-ring (bicyclic) bond motifs is 4. The number of pyridine rings is 1. The number of benzene rings is 1. The molecule has 6 rings (SSSR count).